The molecule has 22 heavy (non-hydrogen) atoms. The molecule has 0 saturated heterocycles. The maximum absolute atomic E-state index is 12.3. The van der Waals surface area contributed by atoms with Gasteiger partial charge in [-0.05, 0) is 44.0 Å². The molecule has 1 N–H and O–H groups in total. The van der Waals surface area contributed by atoms with Crippen LogP contribution >= 0.6 is 0 Å². The minimum Gasteiger partial charge on any atom is -0.497 e. The largest absolute Gasteiger partial charge is 0.497 e. The predicted octanol–water partition coefficient (Wildman–Crippen LogP) is 3.72. The van der Waals surface area contributed by atoms with Gasteiger partial charge in [0.25, 0.3) is 5.91 Å². The number of para-hydroxylation sites is 1. The zero-order valence-electron chi connectivity index (χ0n) is 13.3. The average molecular weight is 299 g/mol. The van der Waals surface area contributed by atoms with Crippen LogP contribution in [0.2, 0.25) is 0 Å². The molecule has 1 amide bonds. The summed E-state index contributed by atoms with van der Waals surface area (Å²) in [6.45, 7) is 5.66. The zero-order chi connectivity index (χ0) is 16.1. The van der Waals surface area contributed by atoms with Crippen LogP contribution in [0.25, 0.3) is 0 Å². The van der Waals surface area contributed by atoms with Gasteiger partial charge in [-0.2, -0.15) is 0 Å². The van der Waals surface area contributed by atoms with Crippen molar-refractivity contribution in [1.82, 2.24) is 0 Å². The van der Waals surface area contributed by atoms with Crippen LogP contribution < -0.4 is 14.8 Å². The summed E-state index contributed by atoms with van der Waals surface area (Å²) >= 11 is 0. The third-order valence-corrected chi connectivity index (χ3v) is 3.45. The van der Waals surface area contributed by atoms with E-state index >= 15 is 0 Å². The third-order valence-electron chi connectivity index (χ3n) is 3.45. The van der Waals surface area contributed by atoms with Gasteiger partial charge < -0.3 is 14.8 Å². The molecule has 116 valence electrons. The molecule has 0 unspecified atom stereocenters. The Kier molecular flexibility index (Phi) is 5.04. The van der Waals surface area contributed by atoms with Crippen molar-refractivity contribution in [3.63, 3.8) is 0 Å². The normalized spacial score (nSPS) is 11.6. The third kappa shape index (κ3) is 3.79. The Hall–Kier alpha value is -2.49. The van der Waals surface area contributed by atoms with Gasteiger partial charge in [0.1, 0.15) is 11.5 Å². The highest BCUT2D eigenvalue weighted by Gasteiger charge is 2.16. The number of aryl methyl sites for hydroxylation is 2. The molecule has 0 saturated carbocycles. The molecule has 1 atom stereocenters. The fraction of sp³-hybridized carbons (Fsp3) is 0.278. The number of carbonyl (C=O) groups excluding carboxylic acids is 1. The van der Waals surface area contributed by atoms with E-state index in [9.17, 15) is 4.79 Å². The smallest absolute Gasteiger partial charge is 0.265 e. The van der Waals surface area contributed by atoms with Crippen LogP contribution in [0.4, 0.5) is 5.69 Å². The van der Waals surface area contributed by atoms with E-state index in [1.165, 1.54) is 0 Å². The summed E-state index contributed by atoms with van der Waals surface area (Å²) in [5.41, 5.74) is 2.90. The number of anilines is 1. The molecule has 0 heterocycles. The number of carbonyl (C=O) groups is 1. The van der Waals surface area contributed by atoms with Crippen LogP contribution in [0.3, 0.4) is 0 Å². The second kappa shape index (κ2) is 6.98. The molecule has 0 aliphatic heterocycles. The lowest BCUT2D eigenvalue weighted by atomic mass is 10.1. The van der Waals surface area contributed by atoms with Crippen molar-refractivity contribution >= 4 is 11.6 Å². The van der Waals surface area contributed by atoms with Gasteiger partial charge in [0.05, 0.1) is 7.11 Å². The molecular weight excluding hydrogens is 278 g/mol. The van der Waals surface area contributed by atoms with E-state index in [-0.39, 0.29) is 5.91 Å². The minimum atomic E-state index is -0.605. The molecule has 0 bridgehead atoms. The second-order valence-corrected chi connectivity index (χ2v) is 5.20. The standard InChI is InChI=1S/C18H21NO3/c1-12-7-5-8-13(2)17(12)19-18(20)14(3)22-16-10-6-9-15(11-16)21-4/h5-11,14H,1-4H3,(H,19,20)/t14-/m0/s1. The Morgan fingerprint density at radius 3 is 2.27 bits per heavy atom. The monoisotopic (exact) mass is 299 g/mol. The lowest BCUT2D eigenvalue weighted by molar-refractivity contribution is -0.122. The van der Waals surface area contributed by atoms with Crippen LogP contribution in [0.1, 0.15) is 18.1 Å². The second-order valence-electron chi connectivity index (χ2n) is 5.20. The summed E-state index contributed by atoms with van der Waals surface area (Å²) in [7, 11) is 1.59. The molecule has 2 aromatic carbocycles. The summed E-state index contributed by atoms with van der Waals surface area (Å²) in [5, 5.41) is 2.93. The van der Waals surface area contributed by atoms with Gasteiger partial charge in [0, 0.05) is 11.8 Å². The van der Waals surface area contributed by atoms with Gasteiger partial charge in [-0.3, -0.25) is 4.79 Å². The minimum absolute atomic E-state index is 0.180. The Bertz CT molecular complexity index is 647. The van der Waals surface area contributed by atoms with Crippen LogP contribution in [0, 0.1) is 13.8 Å². The molecule has 0 spiro atoms. The summed E-state index contributed by atoms with van der Waals surface area (Å²) in [4.78, 5) is 12.3. The van der Waals surface area contributed by atoms with Crippen molar-refractivity contribution in [2.24, 2.45) is 0 Å². The van der Waals surface area contributed by atoms with Gasteiger partial charge in [-0.1, -0.05) is 24.3 Å². The predicted molar refractivity (Wildman–Crippen MR) is 87.6 cm³/mol. The first-order chi connectivity index (χ1) is 10.5. The molecular formula is C18H21NO3. The zero-order valence-corrected chi connectivity index (χ0v) is 13.3. The fourth-order valence-corrected chi connectivity index (χ4v) is 2.17. The average Bonchev–Trinajstić information content (AvgIpc) is 2.51. The maximum atomic E-state index is 12.3. The number of rotatable bonds is 5. The van der Waals surface area contributed by atoms with Crippen molar-refractivity contribution in [3.05, 3.63) is 53.6 Å². The van der Waals surface area contributed by atoms with Crippen LogP contribution in [0.15, 0.2) is 42.5 Å². The fourth-order valence-electron chi connectivity index (χ4n) is 2.17. The Labute approximate surface area is 131 Å². The quantitative estimate of drug-likeness (QED) is 0.915. The molecule has 0 radical (unpaired) electrons. The van der Waals surface area contributed by atoms with E-state index < -0.39 is 6.10 Å². The highest BCUT2D eigenvalue weighted by atomic mass is 16.5. The molecule has 0 aromatic heterocycles. The first kappa shape index (κ1) is 15.9. The number of benzene rings is 2. The number of ether oxygens (including phenoxy) is 2. The molecule has 0 aliphatic rings. The van der Waals surface area contributed by atoms with Gasteiger partial charge in [0.2, 0.25) is 0 Å². The summed E-state index contributed by atoms with van der Waals surface area (Å²) in [6, 6.07) is 13.1. The lowest BCUT2D eigenvalue weighted by Gasteiger charge is -2.17. The van der Waals surface area contributed by atoms with E-state index in [0.717, 1.165) is 16.8 Å². The number of hydrogen-bond acceptors (Lipinski definition) is 3. The Morgan fingerprint density at radius 2 is 1.64 bits per heavy atom. The van der Waals surface area contributed by atoms with Gasteiger partial charge in [0.15, 0.2) is 6.10 Å². The van der Waals surface area contributed by atoms with E-state index in [0.29, 0.717) is 11.5 Å². The van der Waals surface area contributed by atoms with E-state index in [2.05, 4.69) is 5.32 Å². The Morgan fingerprint density at radius 1 is 1.05 bits per heavy atom. The number of methoxy groups -OCH3 is 1. The van der Waals surface area contributed by atoms with Crippen LogP contribution in [-0.4, -0.2) is 19.1 Å². The highest BCUT2D eigenvalue weighted by molar-refractivity contribution is 5.95. The molecule has 4 heteroatoms. The first-order valence-corrected chi connectivity index (χ1v) is 7.19. The molecule has 0 fully saturated rings. The van der Waals surface area contributed by atoms with Crippen molar-refractivity contribution in [2.45, 2.75) is 26.9 Å². The van der Waals surface area contributed by atoms with E-state index in [4.69, 9.17) is 9.47 Å². The number of amides is 1. The molecule has 2 aromatic rings. The SMILES string of the molecule is COc1cccc(O[C@@H](C)C(=O)Nc2c(C)cccc2C)c1. The molecule has 4 nitrogen and oxygen atoms in total. The van der Waals surface area contributed by atoms with Crippen molar-refractivity contribution < 1.29 is 14.3 Å². The lowest BCUT2D eigenvalue weighted by Crippen LogP contribution is -2.30. The highest BCUT2D eigenvalue weighted by Crippen LogP contribution is 2.22. The number of nitrogens with one attached hydrogen (secondary N) is 1. The van der Waals surface area contributed by atoms with Crippen molar-refractivity contribution in [1.29, 1.82) is 0 Å². The van der Waals surface area contributed by atoms with Gasteiger partial charge >= 0.3 is 0 Å². The summed E-state index contributed by atoms with van der Waals surface area (Å²) in [6.07, 6.45) is -0.605. The van der Waals surface area contributed by atoms with Gasteiger partial charge in [-0.15, -0.1) is 0 Å². The Balaban J connectivity index is 2.06. The van der Waals surface area contributed by atoms with E-state index in [1.807, 2.05) is 44.2 Å². The van der Waals surface area contributed by atoms with E-state index in [1.54, 1.807) is 26.2 Å². The maximum Gasteiger partial charge on any atom is 0.265 e. The number of hydrogen-bond donors (Lipinski definition) is 1. The molecule has 2 rings (SSSR count). The first-order valence-electron chi connectivity index (χ1n) is 7.19. The topological polar surface area (TPSA) is 47.6 Å². The summed E-state index contributed by atoms with van der Waals surface area (Å²) < 4.78 is 10.8. The molecule has 0 aliphatic carbocycles. The van der Waals surface area contributed by atoms with Crippen LogP contribution in [-0.2, 0) is 4.79 Å². The van der Waals surface area contributed by atoms with Gasteiger partial charge in [-0.25, -0.2) is 0 Å². The van der Waals surface area contributed by atoms with Crippen molar-refractivity contribution in [2.75, 3.05) is 12.4 Å². The van der Waals surface area contributed by atoms with Crippen molar-refractivity contribution in [3.8, 4) is 11.5 Å². The summed E-state index contributed by atoms with van der Waals surface area (Å²) in [5.74, 6) is 1.11. The van der Waals surface area contributed by atoms with Crippen LogP contribution in [0.5, 0.6) is 11.5 Å².